The van der Waals surface area contributed by atoms with Gasteiger partial charge in [0.2, 0.25) is 0 Å². The predicted molar refractivity (Wildman–Crippen MR) is 105 cm³/mol. The van der Waals surface area contributed by atoms with E-state index < -0.39 is 0 Å². The molecule has 26 heavy (non-hydrogen) atoms. The van der Waals surface area contributed by atoms with Crippen molar-refractivity contribution in [3.8, 4) is 0 Å². The first-order chi connectivity index (χ1) is 11.9. The van der Waals surface area contributed by atoms with Gasteiger partial charge in [0.25, 0.3) is 5.91 Å². The fourth-order valence-electron chi connectivity index (χ4n) is 4.05. The van der Waals surface area contributed by atoms with Gasteiger partial charge in [-0.2, -0.15) is 5.10 Å². The minimum Gasteiger partial charge on any atom is -0.377 e. The highest BCUT2D eigenvalue weighted by molar-refractivity contribution is 5.92. The fourth-order valence-corrected chi connectivity index (χ4v) is 4.05. The van der Waals surface area contributed by atoms with E-state index in [-0.39, 0.29) is 29.8 Å². The number of aromatic nitrogens is 2. The van der Waals surface area contributed by atoms with Crippen LogP contribution in [0.4, 0.5) is 0 Å². The highest BCUT2D eigenvalue weighted by Crippen LogP contribution is 2.33. The molecule has 1 aromatic heterocycles. The summed E-state index contributed by atoms with van der Waals surface area (Å²) in [4.78, 5) is 12.5. The van der Waals surface area contributed by atoms with Crippen molar-refractivity contribution < 1.29 is 9.53 Å². The molecule has 2 aliphatic rings. The van der Waals surface area contributed by atoms with Gasteiger partial charge >= 0.3 is 0 Å². The number of hydrogen-bond acceptors (Lipinski definition) is 4. The standard InChI is InChI=1S/C19H32N4O2.ClH/c1-19(2,3)17-14(6-5-11-25-17)12-21-18(24)16-8-10-23(22-16)15-7-4-9-20-13-15;/h8,10,14-15,17,20H,4-7,9,11-13H2,1-3H3,(H,21,24);1H. The van der Waals surface area contributed by atoms with Gasteiger partial charge in [-0.1, -0.05) is 20.8 Å². The molecule has 0 spiro atoms. The summed E-state index contributed by atoms with van der Waals surface area (Å²) >= 11 is 0. The zero-order valence-corrected chi connectivity index (χ0v) is 17.0. The Hall–Kier alpha value is -1.11. The maximum absolute atomic E-state index is 12.5. The van der Waals surface area contributed by atoms with Crippen molar-refractivity contribution in [2.24, 2.45) is 11.3 Å². The number of hydrogen-bond donors (Lipinski definition) is 2. The summed E-state index contributed by atoms with van der Waals surface area (Å²) in [5.74, 6) is 0.281. The lowest BCUT2D eigenvalue weighted by atomic mass is 9.78. The summed E-state index contributed by atoms with van der Waals surface area (Å²) in [5, 5.41) is 11.0. The Bertz CT molecular complexity index is 578. The average molecular weight is 385 g/mol. The lowest BCUT2D eigenvalue weighted by Gasteiger charge is -2.40. The summed E-state index contributed by atoms with van der Waals surface area (Å²) < 4.78 is 7.93. The van der Waals surface area contributed by atoms with Crippen LogP contribution in [0, 0.1) is 11.3 Å². The molecule has 0 saturated carbocycles. The van der Waals surface area contributed by atoms with E-state index >= 15 is 0 Å². The molecule has 1 aromatic rings. The number of carbonyl (C=O) groups excluding carboxylic acids is 1. The minimum absolute atomic E-state index is 0. The highest BCUT2D eigenvalue weighted by atomic mass is 35.5. The largest absolute Gasteiger partial charge is 0.377 e. The van der Waals surface area contributed by atoms with Gasteiger partial charge in [0.05, 0.1) is 12.1 Å². The smallest absolute Gasteiger partial charge is 0.271 e. The molecule has 3 heterocycles. The molecule has 2 saturated heterocycles. The summed E-state index contributed by atoms with van der Waals surface area (Å²) in [5.41, 5.74) is 0.598. The van der Waals surface area contributed by atoms with E-state index in [0.717, 1.165) is 45.4 Å². The molecule has 2 fully saturated rings. The SMILES string of the molecule is CC(C)(C)C1OCCCC1CNC(=O)c1ccn(C2CCCNC2)n1.Cl. The Balaban J connectivity index is 0.00000243. The lowest BCUT2D eigenvalue weighted by molar-refractivity contribution is -0.0839. The normalized spacial score (nSPS) is 26.8. The minimum atomic E-state index is -0.0826. The van der Waals surface area contributed by atoms with E-state index in [2.05, 4.69) is 36.5 Å². The fraction of sp³-hybridized carbons (Fsp3) is 0.789. The molecule has 3 unspecified atom stereocenters. The molecule has 7 heteroatoms. The van der Waals surface area contributed by atoms with Crippen LogP contribution in [0.1, 0.15) is 63.0 Å². The van der Waals surface area contributed by atoms with E-state index in [0.29, 0.717) is 24.2 Å². The Kier molecular flexibility index (Phi) is 7.50. The first-order valence-electron chi connectivity index (χ1n) is 9.61. The summed E-state index contributed by atoms with van der Waals surface area (Å²) in [6.07, 6.45) is 6.55. The van der Waals surface area contributed by atoms with Crippen LogP contribution >= 0.6 is 12.4 Å². The molecular weight excluding hydrogens is 352 g/mol. The van der Waals surface area contributed by atoms with Gasteiger partial charge in [-0.25, -0.2) is 0 Å². The first kappa shape index (κ1) is 21.2. The van der Waals surface area contributed by atoms with Crippen LogP contribution in [0.3, 0.4) is 0 Å². The van der Waals surface area contributed by atoms with E-state index in [9.17, 15) is 4.79 Å². The number of carbonyl (C=O) groups is 1. The van der Waals surface area contributed by atoms with Gasteiger partial charge in [-0.05, 0) is 43.7 Å². The molecule has 0 aromatic carbocycles. The van der Waals surface area contributed by atoms with E-state index in [1.54, 1.807) is 0 Å². The van der Waals surface area contributed by atoms with Crippen LogP contribution in [0.5, 0.6) is 0 Å². The first-order valence-corrected chi connectivity index (χ1v) is 9.61. The summed E-state index contributed by atoms with van der Waals surface area (Å²) in [6.45, 7) is 10.1. The van der Waals surface area contributed by atoms with Crippen molar-refractivity contribution in [3.05, 3.63) is 18.0 Å². The van der Waals surface area contributed by atoms with E-state index in [1.165, 1.54) is 0 Å². The number of nitrogens with zero attached hydrogens (tertiary/aromatic N) is 2. The van der Waals surface area contributed by atoms with Crippen molar-refractivity contribution in [1.29, 1.82) is 0 Å². The van der Waals surface area contributed by atoms with Crippen molar-refractivity contribution >= 4 is 18.3 Å². The van der Waals surface area contributed by atoms with Gasteiger partial charge in [0.1, 0.15) is 5.69 Å². The topological polar surface area (TPSA) is 68.2 Å². The molecule has 3 atom stereocenters. The molecule has 0 bridgehead atoms. The van der Waals surface area contributed by atoms with Gasteiger partial charge in [0.15, 0.2) is 0 Å². The molecule has 2 aliphatic heterocycles. The number of nitrogens with one attached hydrogen (secondary N) is 2. The molecule has 148 valence electrons. The van der Waals surface area contributed by atoms with Crippen molar-refractivity contribution in [2.75, 3.05) is 26.2 Å². The lowest BCUT2D eigenvalue weighted by Crippen LogP contribution is -2.45. The Morgan fingerprint density at radius 1 is 1.38 bits per heavy atom. The zero-order valence-electron chi connectivity index (χ0n) is 16.2. The second-order valence-electron chi connectivity index (χ2n) is 8.45. The van der Waals surface area contributed by atoms with Crippen LogP contribution in [0.15, 0.2) is 12.3 Å². The zero-order chi connectivity index (χ0) is 17.9. The van der Waals surface area contributed by atoms with Crippen LogP contribution in [0.25, 0.3) is 0 Å². The molecule has 2 N–H and O–H groups in total. The molecular formula is C19H33ClN4O2. The number of halogens is 1. The maximum Gasteiger partial charge on any atom is 0.271 e. The third-order valence-electron chi connectivity index (χ3n) is 5.31. The maximum atomic E-state index is 12.5. The van der Waals surface area contributed by atoms with Gasteiger partial charge in [0, 0.05) is 31.8 Å². The third-order valence-corrected chi connectivity index (χ3v) is 5.31. The second kappa shape index (κ2) is 9.20. The quantitative estimate of drug-likeness (QED) is 0.837. The van der Waals surface area contributed by atoms with Crippen LogP contribution in [-0.2, 0) is 4.74 Å². The predicted octanol–water partition coefficient (Wildman–Crippen LogP) is 2.80. The number of rotatable bonds is 4. The summed E-state index contributed by atoms with van der Waals surface area (Å²) in [6, 6.07) is 2.18. The Labute approximate surface area is 162 Å². The third kappa shape index (κ3) is 5.21. The summed E-state index contributed by atoms with van der Waals surface area (Å²) in [7, 11) is 0. The van der Waals surface area contributed by atoms with Gasteiger partial charge in [-0.3, -0.25) is 9.48 Å². The number of amides is 1. The number of ether oxygens (including phenoxy) is 1. The van der Waals surface area contributed by atoms with Crippen molar-refractivity contribution in [3.63, 3.8) is 0 Å². The number of piperidine rings is 1. The molecule has 0 radical (unpaired) electrons. The highest BCUT2D eigenvalue weighted by Gasteiger charge is 2.35. The molecule has 0 aliphatic carbocycles. The Morgan fingerprint density at radius 3 is 2.88 bits per heavy atom. The van der Waals surface area contributed by atoms with Crippen LogP contribution in [0.2, 0.25) is 0 Å². The van der Waals surface area contributed by atoms with E-state index in [1.807, 2.05) is 16.9 Å². The Morgan fingerprint density at radius 2 is 2.19 bits per heavy atom. The molecule has 1 amide bonds. The monoisotopic (exact) mass is 384 g/mol. The average Bonchev–Trinajstić information content (AvgIpc) is 3.10. The molecule has 3 rings (SSSR count). The van der Waals surface area contributed by atoms with Crippen molar-refractivity contribution in [2.45, 2.75) is 58.6 Å². The van der Waals surface area contributed by atoms with Crippen LogP contribution in [-0.4, -0.2) is 48.0 Å². The second-order valence-corrected chi connectivity index (χ2v) is 8.45. The van der Waals surface area contributed by atoms with Crippen molar-refractivity contribution in [1.82, 2.24) is 20.4 Å². The van der Waals surface area contributed by atoms with Gasteiger partial charge in [-0.15, -0.1) is 12.4 Å². The van der Waals surface area contributed by atoms with Gasteiger partial charge < -0.3 is 15.4 Å². The molecule has 6 nitrogen and oxygen atoms in total. The van der Waals surface area contributed by atoms with E-state index in [4.69, 9.17) is 4.74 Å². The van der Waals surface area contributed by atoms with Crippen LogP contribution < -0.4 is 10.6 Å².